The van der Waals surface area contributed by atoms with Crippen LogP contribution in [0.3, 0.4) is 0 Å². The van der Waals surface area contributed by atoms with Crippen LogP contribution in [0.4, 0.5) is 0 Å². The Labute approximate surface area is 110 Å². The molecule has 2 aliphatic heterocycles. The van der Waals surface area contributed by atoms with Gasteiger partial charge in [0.2, 0.25) is 5.91 Å². The molecule has 2 heterocycles. The van der Waals surface area contributed by atoms with Crippen molar-refractivity contribution in [1.29, 1.82) is 0 Å². The maximum atomic E-state index is 12.0. The van der Waals surface area contributed by atoms with E-state index >= 15 is 0 Å². The summed E-state index contributed by atoms with van der Waals surface area (Å²) in [5, 5.41) is 3.57. The summed E-state index contributed by atoms with van der Waals surface area (Å²) >= 11 is 0. The monoisotopic (exact) mass is 248 g/mol. The lowest BCUT2D eigenvalue weighted by Crippen LogP contribution is -2.45. The average molecular weight is 248 g/mol. The van der Waals surface area contributed by atoms with Gasteiger partial charge in [-0.15, -0.1) is 0 Å². The molecule has 2 rings (SSSR count). The molecular weight excluding hydrogens is 224 g/mol. The van der Waals surface area contributed by atoms with Crippen LogP contribution in [0.2, 0.25) is 0 Å². The second-order valence-electron chi connectivity index (χ2n) is 5.27. The van der Waals surface area contributed by atoms with Gasteiger partial charge in [0.1, 0.15) is 0 Å². The molecule has 18 heavy (non-hydrogen) atoms. The van der Waals surface area contributed by atoms with Gasteiger partial charge < -0.3 is 10.2 Å². The van der Waals surface area contributed by atoms with Crippen molar-refractivity contribution < 1.29 is 4.79 Å². The fourth-order valence-electron chi connectivity index (χ4n) is 3.01. The third-order valence-corrected chi connectivity index (χ3v) is 3.98. The van der Waals surface area contributed by atoms with E-state index in [0.717, 1.165) is 26.1 Å². The van der Waals surface area contributed by atoms with E-state index in [1.807, 2.05) is 30.1 Å². The third kappa shape index (κ3) is 3.45. The number of nitrogens with zero attached hydrogens (tertiary/aromatic N) is 1. The Balaban J connectivity index is 1.87. The highest BCUT2D eigenvalue weighted by molar-refractivity contribution is 5.87. The third-order valence-electron chi connectivity index (χ3n) is 3.98. The number of allylic oxidation sites excluding steroid dienone is 3. The maximum absolute atomic E-state index is 12.0. The Morgan fingerprint density at radius 2 is 2.17 bits per heavy atom. The van der Waals surface area contributed by atoms with E-state index in [-0.39, 0.29) is 5.91 Å². The summed E-state index contributed by atoms with van der Waals surface area (Å²) in [4.78, 5) is 14.0. The molecule has 2 atom stereocenters. The smallest absolute Gasteiger partial charge is 0.246 e. The molecule has 2 aliphatic rings. The van der Waals surface area contributed by atoms with Gasteiger partial charge in [0.05, 0.1) is 0 Å². The van der Waals surface area contributed by atoms with Gasteiger partial charge in [-0.3, -0.25) is 4.79 Å². The lowest BCUT2D eigenvalue weighted by molar-refractivity contribution is -0.127. The van der Waals surface area contributed by atoms with E-state index in [1.165, 1.54) is 19.3 Å². The largest absolute Gasteiger partial charge is 0.339 e. The van der Waals surface area contributed by atoms with E-state index in [1.54, 1.807) is 6.08 Å². The number of hydrogen-bond donors (Lipinski definition) is 1. The van der Waals surface area contributed by atoms with Crippen LogP contribution in [0.15, 0.2) is 24.3 Å². The van der Waals surface area contributed by atoms with E-state index in [9.17, 15) is 4.79 Å². The van der Waals surface area contributed by atoms with Gasteiger partial charge in [0.15, 0.2) is 0 Å². The Kier molecular flexibility index (Phi) is 5.00. The van der Waals surface area contributed by atoms with Crippen molar-refractivity contribution in [2.75, 3.05) is 19.6 Å². The quantitative estimate of drug-likeness (QED) is 0.613. The predicted molar refractivity (Wildman–Crippen MR) is 74.3 cm³/mol. The SMILES string of the molecule is C/C=C/C=C/C(=O)N1CCCC(C2CCCN2)C1. The van der Waals surface area contributed by atoms with Gasteiger partial charge in [0, 0.05) is 25.2 Å². The molecule has 3 nitrogen and oxygen atoms in total. The van der Waals surface area contributed by atoms with Crippen LogP contribution in [-0.2, 0) is 4.79 Å². The van der Waals surface area contributed by atoms with Crippen LogP contribution in [0.5, 0.6) is 0 Å². The van der Waals surface area contributed by atoms with Crippen molar-refractivity contribution in [2.24, 2.45) is 5.92 Å². The summed E-state index contributed by atoms with van der Waals surface area (Å²) in [5.74, 6) is 0.816. The highest BCUT2D eigenvalue weighted by atomic mass is 16.2. The molecule has 0 saturated carbocycles. The predicted octanol–water partition coefficient (Wildman–Crippen LogP) is 2.11. The number of carbonyl (C=O) groups is 1. The number of nitrogens with one attached hydrogen (secondary N) is 1. The average Bonchev–Trinajstić information content (AvgIpc) is 2.93. The fraction of sp³-hybridized carbons (Fsp3) is 0.667. The number of rotatable bonds is 3. The second kappa shape index (κ2) is 6.74. The first-order chi connectivity index (χ1) is 8.81. The number of amides is 1. The first kappa shape index (κ1) is 13.3. The van der Waals surface area contributed by atoms with Gasteiger partial charge in [-0.2, -0.15) is 0 Å². The number of hydrogen-bond acceptors (Lipinski definition) is 2. The summed E-state index contributed by atoms with van der Waals surface area (Å²) in [5.41, 5.74) is 0. The minimum Gasteiger partial charge on any atom is -0.339 e. The van der Waals surface area contributed by atoms with Crippen LogP contribution in [0.1, 0.15) is 32.6 Å². The summed E-state index contributed by atoms with van der Waals surface area (Å²) in [7, 11) is 0. The first-order valence-electron chi connectivity index (χ1n) is 7.13. The van der Waals surface area contributed by atoms with Gasteiger partial charge in [0.25, 0.3) is 0 Å². The lowest BCUT2D eigenvalue weighted by Gasteiger charge is -2.35. The Bertz CT molecular complexity index is 329. The zero-order valence-electron chi connectivity index (χ0n) is 11.3. The number of likely N-dealkylation sites (tertiary alicyclic amines) is 1. The molecular formula is C15H24N2O. The van der Waals surface area contributed by atoms with Gasteiger partial charge in [-0.1, -0.05) is 18.2 Å². The number of piperidine rings is 1. The van der Waals surface area contributed by atoms with Crippen molar-refractivity contribution in [3.63, 3.8) is 0 Å². The zero-order valence-corrected chi connectivity index (χ0v) is 11.3. The molecule has 2 saturated heterocycles. The number of carbonyl (C=O) groups excluding carboxylic acids is 1. The van der Waals surface area contributed by atoms with Crippen molar-refractivity contribution in [3.8, 4) is 0 Å². The molecule has 2 unspecified atom stereocenters. The molecule has 1 amide bonds. The maximum Gasteiger partial charge on any atom is 0.246 e. The van der Waals surface area contributed by atoms with Gasteiger partial charge in [-0.25, -0.2) is 0 Å². The molecule has 2 fully saturated rings. The molecule has 0 spiro atoms. The van der Waals surface area contributed by atoms with Crippen LogP contribution < -0.4 is 5.32 Å². The fourth-order valence-corrected chi connectivity index (χ4v) is 3.01. The zero-order chi connectivity index (χ0) is 12.8. The first-order valence-corrected chi connectivity index (χ1v) is 7.13. The molecule has 0 aromatic carbocycles. The minimum absolute atomic E-state index is 0.163. The Morgan fingerprint density at radius 3 is 2.89 bits per heavy atom. The van der Waals surface area contributed by atoms with E-state index in [0.29, 0.717) is 12.0 Å². The van der Waals surface area contributed by atoms with E-state index in [2.05, 4.69) is 5.32 Å². The standard InChI is InChI=1S/C15H24N2O/c1-2-3-4-9-15(18)17-11-6-7-13(12-17)14-8-5-10-16-14/h2-4,9,13-14,16H,5-8,10-12H2,1H3/b3-2+,9-4+. The van der Waals surface area contributed by atoms with Crippen molar-refractivity contribution >= 4 is 5.91 Å². The second-order valence-corrected chi connectivity index (χ2v) is 5.27. The lowest BCUT2D eigenvalue weighted by atomic mass is 9.90. The summed E-state index contributed by atoms with van der Waals surface area (Å²) in [6, 6.07) is 0.639. The van der Waals surface area contributed by atoms with E-state index < -0.39 is 0 Å². The topological polar surface area (TPSA) is 32.3 Å². The van der Waals surface area contributed by atoms with Gasteiger partial charge in [-0.05, 0) is 45.1 Å². The summed E-state index contributed by atoms with van der Waals surface area (Å²) in [6.45, 7) is 4.95. The molecule has 3 heteroatoms. The van der Waals surface area contributed by atoms with E-state index in [4.69, 9.17) is 0 Å². The molecule has 0 aliphatic carbocycles. The van der Waals surface area contributed by atoms with Crippen molar-refractivity contribution in [3.05, 3.63) is 24.3 Å². The van der Waals surface area contributed by atoms with Crippen LogP contribution >= 0.6 is 0 Å². The molecule has 1 N–H and O–H groups in total. The minimum atomic E-state index is 0.163. The van der Waals surface area contributed by atoms with Crippen molar-refractivity contribution in [2.45, 2.75) is 38.6 Å². The molecule has 0 aromatic heterocycles. The van der Waals surface area contributed by atoms with Crippen LogP contribution in [-0.4, -0.2) is 36.5 Å². The normalized spacial score (nSPS) is 29.5. The summed E-state index contributed by atoms with van der Waals surface area (Å²) < 4.78 is 0. The molecule has 0 radical (unpaired) electrons. The Morgan fingerprint density at radius 1 is 1.28 bits per heavy atom. The molecule has 0 bridgehead atoms. The van der Waals surface area contributed by atoms with Crippen molar-refractivity contribution in [1.82, 2.24) is 10.2 Å². The molecule has 0 aromatic rings. The Hall–Kier alpha value is -1.09. The highest BCUT2D eigenvalue weighted by Crippen LogP contribution is 2.24. The molecule has 100 valence electrons. The van der Waals surface area contributed by atoms with Crippen LogP contribution in [0.25, 0.3) is 0 Å². The van der Waals surface area contributed by atoms with Crippen LogP contribution in [0, 0.1) is 5.92 Å². The van der Waals surface area contributed by atoms with Gasteiger partial charge >= 0.3 is 0 Å². The summed E-state index contributed by atoms with van der Waals surface area (Å²) in [6.07, 6.45) is 12.3. The highest BCUT2D eigenvalue weighted by Gasteiger charge is 2.30.